The minimum atomic E-state index is 0.139. The number of aliphatic hydroxyl groups is 1. The Morgan fingerprint density at radius 3 is 2.65 bits per heavy atom. The summed E-state index contributed by atoms with van der Waals surface area (Å²) >= 11 is 0. The van der Waals surface area contributed by atoms with Crippen molar-refractivity contribution in [3.05, 3.63) is 29.8 Å². The van der Waals surface area contributed by atoms with Gasteiger partial charge in [-0.15, -0.1) is 0 Å². The summed E-state index contributed by atoms with van der Waals surface area (Å²) in [6.07, 6.45) is 0. The van der Waals surface area contributed by atoms with E-state index in [9.17, 15) is 5.11 Å². The molecule has 0 aliphatic carbocycles. The molecular weight excluding hydrogens is 212 g/mol. The number of rotatable bonds is 7. The van der Waals surface area contributed by atoms with Gasteiger partial charge in [0.05, 0.1) is 6.61 Å². The summed E-state index contributed by atoms with van der Waals surface area (Å²) in [6.45, 7) is 9.15. The first-order chi connectivity index (χ1) is 8.21. The van der Waals surface area contributed by atoms with Crippen LogP contribution in [-0.4, -0.2) is 37.4 Å². The summed E-state index contributed by atoms with van der Waals surface area (Å²) in [5, 5.41) is 12.6. The van der Waals surface area contributed by atoms with Gasteiger partial charge in [0.2, 0.25) is 0 Å². The Kier molecular flexibility index (Phi) is 6.01. The molecule has 2 N–H and O–H groups in total. The summed E-state index contributed by atoms with van der Waals surface area (Å²) in [6, 6.07) is 8.63. The minimum absolute atomic E-state index is 0.139. The molecule has 0 fully saturated rings. The van der Waals surface area contributed by atoms with E-state index >= 15 is 0 Å². The van der Waals surface area contributed by atoms with E-state index in [0.717, 1.165) is 19.6 Å². The number of hydrogen-bond donors (Lipinski definition) is 2. The molecule has 3 nitrogen and oxygen atoms in total. The van der Waals surface area contributed by atoms with Gasteiger partial charge < -0.3 is 15.3 Å². The molecule has 0 radical (unpaired) electrons. The lowest BCUT2D eigenvalue weighted by Crippen LogP contribution is -2.43. The first-order valence-electron chi connectivity index (χ1n) is 6.37. The molecule has 0 saturated heterocycles. The van der Waals surface area contributed by atoms with Gasteiger partial charge in [-0.1, -0.05) is 19.1 Å². The maximum absolute atomic E-state index is 9.31. The van der Waals surface area contributed by atoms with Crippen LogP contribution in [0.3, 0.4) is 0 Å². The first-order valence-corrected chi connectivity index (χ1v) is 6.37. The number of aryl methyl sites for hydroxylation is 1. The predicted octanol–water partition coefficient (Wildman–Crippen LogP) is 1.79. The van der Waals surface area contributed by atoms with Gasteiger partial charge in [-0.3, -0.25) is 0 Å². The van der Waals surface area contributed by atoms with Crippen molar-refractivity contribution in [2.24, 2.45) is 0 Å². The maximum Gasteiger partial charge on any atom is 0.0601 e. The van der Waals surface area contributed by atoms with Crippen LogP contribution in [0.4, 0.5) is 5.69 Å². The third-order valence-corrected chi connectivity index (χ3v) is 2.90. The van der Waals surface area contributed by atoms with Crippen molar-refractivity contribution >= 4 is 5.69 Å². The Morgan fingerprint density at radius 1 is 1.35 bits per heavy atom. The van der Waals surface area contributed by atoms with Crippen LogP contribution in [-0.2, 0) is 0 Å². The molecule has 0 spiro atoms. The number of likely N-dealkylation sites (N-methyl/N-ethyl adjacent to an activating group) is 2. The average Bonchev–Trinajstić information content (AvgIpc) is 2.34. The number of hydrogen-bond acceptors (Lipinski definition) is 3. The van der Waals surface area contributed by atoms with Crippen LogP contribution in [0.2, 0.25) is 0 Å². The number of benzene rings is 1. The van der Waals surface area contributed by atoms with Crippen molar-refractivity contribution in [2.75, 3.05) is 31.1 Å². The Balaban J connectivity index is 2.70. The molecule has 0 heterocycles. The van der Waals surface area contributed by atoms with E-state index in [1.54, 1.807) is 0 Å². The van der Waals surface area contributed by atoms with Crippen molar-refractivity contribution in [3.8, 4) is 0 Å². The molecule has 1 aromatic rings. The molecule has 1 atom stereocenters. The van der Waals surface area contributed by atoms with Crippen LogP contribution in [0.25, 0.3) is 0 Å². The Morgan fingerprint density at radius 2 is 2.12 bits per heavy atom. The van der Waals surface area contributed by atoms with Gasteiger partial charge in [-0.25, -0.2) is 0 Å². The van der Waals surface area contributed by atoms with Crippen LogP contribution < -0.4 is 10.2 Å². The summed E-state index contributed by atoms with van der Waals surface area (Å²) < 4.78 is 0. The molecule has 0 aliphatic rings. The SMILES string of the molecule is CCNC(CO)CN(CC)c1cccc(C)c1. The third kappa shape index (κ3) is 4.36. The first kappa shape index (κ1) is 14.0. The van der Waals surface area contributed by atoms with E-state index in [1.165, 1.54) is 11.3 Å². The zero-order valence-corrected chi connectivity index (χ0v) is 11.1. The van der Waals surface area contributed by atoms with Gasteiger partial charge >= 0.3 is 0 Å². The van der Waals surface area contributed by atoms with E-state index in [2.05, 4.69) is 55.3 Å². The smallest absolute Gasteiger partial charge is 0.0601 e. The van der Waals surface area contributed by atoms with Crippen LogP contribution in [0.5, 0.6) is 0 Å². The Labute approximate surface area is 104 Å². The lowest BCUT2D eigenvalue weighted by atomic mass is 10.2. The molecule has 96 valence electrons. The lowest BCUT2D eigenvalue weighted by molar-refractivity contribution is 0.245. The molecule has 0 aromatic heterocycles. The van der Waals surface area contributed by atoms with Crippen LogP contribution in [0.1, 0.15) is 19.4 Å². The minimum Gasteiger partial charge on any atom is -0.395 e. The summed E-state index contributed by atoms with van der Waals surface area (Å²) in [4.78, 5) is 2.29. The molecule has 3 heteroatoms. The lowest BCUT2D eigenvalue weighted by Gasteiger charge is -2.28. The van der Waals surface area contributed by atoms with E-state index in [4.69, 9.17) is 0 Å². The van der Waals surface area contributed by atoms with Crippen molar-refractivity contribution < 1.29 is 5.11 Å². The van der Waals surface area contributed by atoms with E-state index in [-0.39, 0.29) is 12.6 Å². The highest BCUT2D eigenvalue weighted by molar-refractivity contribution is 5.48. The van der Waals surface area contributed by atoms with Crippen molar-refractivity contribution in [3.63, 3.8) is 0 Å². The van der Waals surface area contributed by atoms with Crippen LogP contribution in [0.15, 0.2) is 24.3 Å². The molecule has 1 aromatic carbocycles. The van der Waals surface area contributed by atoms with Gasteiger partial charge in [0, 0.05) is 24.8 Å². The van der Waals surface area contributed by atoms with Gasteiger partial charge in [0.1, 0.15) is 0 Å². The van der Waals surface area contributed by atoms with Crippen molar-refractivity contribution in [1.82, 2.24) is 5.32 Å². The van der Waals surface area contributed by atoms with Gasteiger partial charge in [-0.2, -0.15) is 0 Å². The summed E-state index contributed by atoms with van der Waals surface area (Å²) in [5.74, 6) is 0. The molecule has 0 bridgehead atoms. The van der Waals surface area contributed by atoms with E-state index in [0.29, 0.717) is 0 Å². The highest BCUT2D eigenvalue weighted by atomic mass is 16.3. The standard InChI is InChI=1S/C14H24N2O/c1-4-15-13(11-17)10-16(5-2)14-8-6-7-12(3)9-14/h6-9,13,15,17H,4-5,10-11H2,1-3H3. The third-order valence-electron chi connectivity index (χ3n) is 2.90. The fourth-order valence-electron chi connectivity index (χ4n) is 1.98. The second kappa shape index (κ2) is 7.30. The summed E-state index contributed by atoms with van der Waals surface area (Å²) in [5.41, 5.74) is 2.49. The van der Waals surface area contributed by atoms with Gasteiger partial charge in [0.15, 0.2) is 0 Å². The maximum atomic E-state index is 9.31. The zero-order valence-electron chi connectivity index (χ0n) is 11.1. The fourth-order valence-corrected chi connectivity index (χ4v) is 1.98. The highest BCUT2D eigenvalue weighted by Crippen LogP contribution is 2.15. The molecular formula is C14H24N2O. The topological polar surface area (TPSA) is 35.5 Å². The Bertz CT molecular complexity index is 328. The largest absolute Gasteiger partial charge is 0.395 e. The fraction of sp³-hybridized carbons (Fsp3) is 0.571. The zero-order chi connectivity index (χ0) is 12.7. The van der Waals surface area contributed by atoms with E-state index in [1.807, 2.05) is 0 Å². The van der Waals surface area contributed by atoms with E-state index < -0.39 is 0 Å². The Hall–Kier alpha value is -1.06. The van der Waals surface area contributed by atoms with Gasteiger partial charge in [-0.05, 0) is 38.1 Å². The second-order valence-electron chi connectivity index (χ2n) is 4.31. The molecule has 0 saturated carbocycles. The van der Waals surface area contributed by atoms with Gasteiger partial charge in [0.25, 0.3) is 0 Å². The molecule has 17 heavy (non-hydrogen) atoms. The second-order valence-corrected chi connectivity index (χ2v) is 4.31. The molecule has 0 aliphatic heterocycles. The number of anilines is 1. The van der Waals surface area contributed by atoms with Crippen molar-refractivity contribution in [1.29, 1.82) is 0 Å². The van der Waals surface area contributed by atoms with Crippen LogP contribution in [0, 0.1) is 6.92 Å². The summed E-state index contributed by atoms with van der Waals surface area (Å²) in [7, 11) is 0. The monoisotopic (exact) mass is 236 g/mol. The quantitative estimate of drug-likeness (QED) is 0.757. The van der Waals surface area contributed by atoms with Crippen LogP contribution >= 0.6 is 0 Å². The number of aliphatic hydroxyl groups excluding tert-OH is 1. The molecule has 1 rings (SSSR count). The normalized spacial score (nSPS) is 12.5. The highest BCUT2D eigenvalue weighted by Gasteiger charge is 2.11. The molecule has 0 amide bonds. The predicted molar refractivity (Wildman–Crippen MR) is 73.6 cm³/mol. The van der Waals surface area contributed by atoms with Crippen molar-refractivity contribution in [2.45, 2.75) is 26.8 Å². The number of nitrogens with zero attached hydrogens (tertiary/aromatic N) is 1. The molecule has 1 unspecified atom stereocenters. The number of nitrogens with one attached hydrogen (secondary N) is 1. The average molecular weight is 236 g/mol.